The number of nitrogens with two attached hydrogens (primary N) is 1. The van der Waals surface area contributed by atoms with Gasteiger partial charge in [0.05, 0.1) is 6.61 Å². The van der Waals surface area contributed by atoms with Crippen LogP contribution in [0.1, 0.15) is 20.3 Å². The standard InChI is InChI=1S/C9H12F3NO3/c1-3-5(14)6(8(15)16-4-2)7(13)9(10,11)12/h3-4,13H2,1-2H3/b7-6-. The summed E-state index contributed by atoms with van der Waals surface area (Å²) >= 11 is 0. The predicted molar refractivity (Wildman–Crippen MR) is 49.2 cm³/mol. The van der Waals surface area contributed by atoms with E-state index in [9.17, 15) is 22.8 Å². The molecule has 0 atom stereocenters. The fourth-order valence-corrected chi connectivity index (χ4v) is 0.896. The van der Waals surface area contributed by atoms with Crippen molar-refractivity contribution in [1.29, 1.82) is 0 Å². The summed E-state index contributed by atoms with van der Waals surface area (Å²) in [5.74, 6) is -2.34. The van der Waals surface area contributed by atoms with Gasteiger partial charge in [-0.2, -0.15) is 13.2 Å². The highest BCUT2D eigenvalue weighted by atomic mass is 19.4. The molecule has 0 radical (unpaired) electrons. The van der Waals surface area contributed by atoms with E-state index >= 15 is 0 Å². The van der Waals surface area contributed by atoms with Crippen molar-refractivity contribution in [2.45, 2.75) is 26.4 Å². The maximum absolute atomic E-state index is 12.3. The van der Waals surface area contributed by atoms with Crippen molar-refractivity contribution in [3.8, 4) is 0 Å². The number of ether oxygens (including phenoxy) is 1. The lowest BCUT2D eigenvalue weighted by molar-refractivity contribution is -0.141. The van der Waals surface area contributed by atoms with Gasteiger partial charge in [0.15, 0.2) is 5.78 Å². The molecule has 0 aliphatic rings. The molecule has 0 bridgehead atoms. The van der Waals surface area contributed by atoms with Crippen LogP contribution in [0.2, 0.25) is 0 Å². The summed E-state index contributed by atoms with van der Waals surface area (Å²) in [5.41, 5.74) is 1.90. The topological polar surface area (TPSA) is 69.4 Å². The number of carbonyl (C=O) groups excluding carboxylic acids is 2. The molecular weight excluding hydrogens is 227 g/mol. The van der Waals surface area contributed by atoms with Crippen LogP contribution in [0.15, 0.2) is 11.3 Å². The first-order valence-electron chi connectivity index (χ1n) is 4.52. The first-order valence-corrected chi connectivity index (χ1v) is 4.52. The van der Waals surface area contributed by atoms with Crippen LogP contribution in [-0.4, -0.2) is 24.5 Å². The van der Waals surface area contributed by atoms with Gasteiger partial charge in [0.1, 0.15) is 11.3 Å². The van der Waals surface area contributed by atoms with Crippen LogP contribution in [0.25, 0.3) is 0 Å². The van der Waals surface area contributed by atoms with Gasteiger partial charge in [0.25, 0.3) is 0 Å². The van der Waals surface area contributed by atoms with E-state index < -0.39 is 29.2 Å². The molecule has 0 heterocycles. The van der Waals surface area contributed by atoms with Gasteiger partial charge in [-0.3, -0.25) is 4.79 Å². The molecule has 0 aliphatic carbocycles. The highest BCUT2D eigenvalue weighted by molar-refractivity contribution is 6.17. The van der Waals surface area contributed by atoms with E-state index in [0.29, 0.717) is 0 Å². The Morgan fingerprint density at radius 2 is 1.75 bits per heavy atom. The van der Waals surface area contributed by atoms with Crippen molar-refractivity contribution >= 4 is 11.8 Å². The molecule has 0 fully saturated rings. The van der Waals surface area contributed by atoms with E-state index in [1.165, 1.54) is 13.8 Å². The van der Waals surface area contributed by atoms with E-state index in [2.05, 4.69) is 4.74 Å². The summed E-state index contributed by atoms with van der Waals surface area (Å²) < 4.78 is 41.1. The zero-order valence-electron chi connectivity index (χ0n) is 8.85. The number of halogens is 3. The zero-order valence-corrected chi connectivity index (χ0v) is 8.85. The van der Waals surface area contributed by atoms with Crippen LogP contribution in [-0.2, 0) is 14.3 Å². The van der Waals surface area contributed by atoms with Crippen LogP contribution < -0.4 is 5.73 Å². The Morgan fingerprint density at radius 3 is 2.06 bits per heavy atom. The van der Waals surface area contributed by atoms with Crippen LogP contribution in [0.3, 0.4) is 0 Å². The maximum Gasteiger partial charge on any atom is 0.431 e. The Kier molecular flexibility index (Phi) is 5.00. The van der Waals surface area contributed by atoms with Crippen molar-refractivity contribution in [3.05, 3.63) is 11.3 Å². The molecule has 0 spiro atoms. The minimum Gasteiger partial charge on any atom is -0.462 e. The maximum atomic E-state index is 12.3. The average molecular weight is 239 g/mol. The molecule has 92 valence electrons. The van der Waals surface area contributed by atoms with Crippen LogP contribution in [0.5, 0.6) is 0 Å². The smallest absolute Gasteiger partial charge is 0.431 e. The molecule has 0 aliphatic heterocycles. The fourth-order valence-electron chi connectivity index (χ4n) is 0.896. The molecule has 0 rings (SSSR count). The predicted octanol–water partition coefficient (Wildman–Crippen LogP) is 1.30. The summed E-state index contributed by atoms with van der Waals surface area (Å²) in [6, 6.07) is 0. The van der Waals surface area contributed by atoms with Crippen LogP contribution in [0.4, 0.5) is 13.2 Å². The third kappa shape index (κ3) is 3.56. The Morgan fingerprint density at radius 1 is 1.25 bits per heavy atom. The van der Waals surface area contributed by atoms with Gasteiger partial charge >= 0.3 is 12.1 Å². The Labute approximate surface area is 90.2 Å². The summed E-state index contributed by atoms with van der Waals surface area (Å²) in [6.07, 6.45) is -5.18. The molecule has 4 nitrogen and oxygen atoms in total. The van der Waals surface area contributed by atoms with Crippen LogP contribution >= 0.6 is 0 Å². The number of allylic oxidation sites excluding steroid dienone is 1. The molecular formula is C9H12F3NO3. The SMILES string of the molecule is CCOC(=O)/C(C(=O)CC)=C(\N)C(F)(F)F. The molecule has 0 unspecified atom stereocenters. The lowest BCUT2D eigenvalue weighted by Gasteiger charge is -2.11. The molecule has 0 aromatic rings. The van der Waals surface area contributed by atoms with Crippen molar-refractivity contribution in [2.24, 2.45) is 5.73 Å². The van der Waals surface area contributed by atoms with E-state index in [1.807, 2.05) is 0 Å². The van der Waals surface area contributed by atoms with Crippen molar-refractivity contribution in [2.75, 3.05) is 6.61 Å². The molecule has 0 aromatic heterocycles. The van der Waals surface area contributed by atoms with E-state index in [0.717, 1.165) is 0 Å². The molecule has 0 amide bonds. The van der Waals surface area contributed by atoms with Crippen molar-refractivity contribution in [3.63, 3.8) is 0 Å². The monoisotopic (exact) mass is 239 g/mol. The highest BCUT2D eigenvalue weighted by Crippen LogP contribution is 2.25. The van der Waals surface area contributed by atoms with Gasteiger partial charge < -0.3 is 10.5 Å². The number of hydrogen-bond donors (Lipinski definition) is 1. The fraction of sp³-hybridized carbons (Fsp3) is 0.556. The molecule has 2 N–H and O–H groups in total. The van der Waals surface area contributed by atoms with Gasteiger partial charge in [-0.15, -0.1) is 0 Å². The lowest BCUT2D eigenvalue weighted by atomic mass is 10.1. The number of hydrogen-bond acceptors (Lipinski definition) is 4. The number of ketones is 1. The summed E-state index contributed by atoms with van der Waals surface area (Å²) in [4.78, 5) is 22.3. The number of carbonyl (C=O) groups is 2. The Balaban J connectivity index is 5.41. The van der Waals surface area contributed by atoms with Gasteiger partial charge in [-0.1, -0.05) is 6.92 Å². The number of Topliss-reactive ketones (excluding diaryl/α,β-unsaturated/α-hetero) is 1. The van der Waals surface area contributed by atoms with Gasteiger partial charge in [-0.05, 0) is 6.92 Å². The summed E-state index contributed by atoms with van der Waals surface area (Å²) in [6.45, 7) is 2.60. The second-order valence-electron chi connectivity index (χ2n) is 2.78. The van der Waals surface area contributed by atoms with Gasteiger partial charge in [0.2, 0.25) is 0 Å². The van der Waals surface area contributed by atoms with Gasteiger partial charge in [0, 0.05) is 6.42 Å². The second-order valence-corrected chi connectivity index (χ2v) is 2.78. The minimum atomic E-state index is -4.92. The largest absolute Gasteiger partial charge is 0.462 e. The summed E-state index contributed by atoms with van der Waals surface area (Å²) in [5, 5.41) is 0. The quantitative estimate of drug-likeness (QED) is 0.347. The number of alkyl halides is 3. The summed E-state index contributed by atoms with van der Waals surface area (Å²) in [7, 11) is 0. The first kappa shape index (κ1) is 14.5. The third-order valence-electron chi connectivity index (χ3n) is 1.65. The normalized spacial score (nSPS) is 13.1. The van der Waals surface area contributed by atoms with Crippen molar-refractivity contribution in [1.82, 2.24) is 0 Å². The average Bonchev–Trinajstić information content (AvgIpc) is 2.16. The lowest BCUT2D eigenvalue weighted by Crippen LogP contribution is -2.29. The molecule has 0 saturated carbocycles. The highest BCUT2D eigenvalue weighted by Gasteiger charge is 2.38. The van der Waals surface area contributed by atoms with E-state index in [4.69, 9.17) is 5.73 Å². The van der Waals surface area contributed by atoms with E-state index in [1.54, 1.807) is 0 Å². The van der Waals surface area contributed by atoms with Crippen molar-refractivity contribution < 1.29 is 27.5 Å². The third-order valence-corrected chi connectivity index (χ3v) is 1.65. The minimum absolute atomic E-state index is 0.134. The number of rotatable bonds is 4. The van der Waals surface area contributed by atoms with Crippen LogP contribution in [0, 0.1) is 0 Å². The second kappa shape index (κ2) is 5.53. The first-order chi connectivity index (χ1) is 7.25. The molecule has 0 saturated heterocycles. The molecule has 0 aromatic carbocycles. The van der Waals surface area contributed by atoms with E-state index in [-0.39, 0.29) is 13.0 Å². The Hall–Kier alpha value is -1.53. The molecule has 16 heavy (non-hydrogen) atoms. The number of esters is 1. The molecule has 7 heteroatoms. The zero-order chi connectivity index (χ0) is 12.9. The Bertz CT molecular complexity index is 320. The van der Waals surface area contributed by atoms with Gasteiger partial charge in [-0.25, -0.2) is 4.79 Å².